The Morgan fingerprint density at radius 1 is 1.06 bits per heavy atom. The number of rotatable bonds is 5. The van der Waals surface area contributed by atoms with Crippen LogP contribution in [-0.4, -0.2) is 40.5 Å². The summed E-state index contributed by atoms with van der Waals surface area (Å²) >= 11 is 0. The van der Waals surface area contributed by atoms with Crippen LogP contribution >= 0.6 is 0 Å². The van der Waals surface area contributed by atoms with Crippen molar-refractivity contribution in [2.75, 3.05) is 20.6 Å². The molecule has 0 saturated heterocycles. The second kappa shape index (κ2) is 6.21. The molecule has 2 aromatic heterocycles. The minimum Gasteiger partial charge on any atom is -0.309 e. The van der Waals surface area contributed by atoms with Crippen molar-refractivity contribution in [2.24, 2.45) is 0 Å². The van der Waals surface area contributed by atoms with Crippen molar-refractivity contribution in [3.8, 4) is 11.5 Å². The molecular weight excluding hydrogens is 224 g/mol. The number of nitrogens with zero attached hydrogens (tertiary/aromatic N) is 4. The van der Waals surface area contributed by atoms with Crippen LogP contribution in [0.1, 0.15) is 12.0 Å². The smallest absolute Gasteiger partial charge is 0.178 e. The van der Waals surface area contributed by atoms with Crippen LogP contribution in [0.25, 0.3) is 11.5 Å². The Balaban J connectivity index is 1.98. The van der Waals surface area contributed by atoms with Gasteiger partial charge >= 0.3 is 0 Å². The molecule has 2 heterocycles. The first-order valence-corrected chi connectivity index (χ1v) is 6.13. The van der Waals surface area contributed by atoms with E-state index in [2.05, 4.69) is 33.9 Å². The summed E-state index contributed by atoms with van der Waals surface area (Å²) in [6.07, 6.45) is 7.68. The fourth-order valence-electron chi connectivity index (χ4n) is 1.71. The molecule has 4 nitrogen and oxygen atoms in total. The van der Waals surface area contributed by atoms with Crippen LogP contribution in [0, 0.1) is 0 Å². The highest BCUT2D eigenvalue weighted by Gasteiger charge is 2.02. The van der Waals surface area contributed by atoms with Gasteiger partial charge in [0.2, 0.25) is 0 Å². The van der Waals surface area contributed by atoms with Gasteiger partial charge in [-0.15, -0.1) is 0 Å². The summed E-state index contributed by atoms with van der Waals surface area (Å²) < 4.78 is 0. The summed E-state index contributed by atoms with van der Waals surface area (Å²) in [7, 11) is 4.17. The van der Waals surface area contributed by atoms with Crippen LogP contribution in [0.3, 0.4) is 0 Å². The standard InChI is InChI=1S/C14H18N4/c1-18(2)9-5-6-12-10-16-14(17-11-12)13-7-3-4-8-15-13/h3-4,7-8,10-11H,5-6,9H2,1-2H3. The van der Waals surface area contributed by atoms with Gasteiger partial charge in [0.05, 0.1) is 0 Å². The molecule has 0 aliphatic heterocycles. The van der Waals surface area contributed by atoms with Gasteiger partial charge < -0.3 is 4.90 Å². The highest BCUT2D eigenvalue weighted by molar-refractivity contribution is 5.47. The van der Waals surface area contributed by atoms with Gasteiger partial charge in [0.25, 0.3) is 0 Å². The molecule has 0 saturated carbocycles. The zero-order chi connectivity index (χ0) is 12.8. The van der Waals surface area contributed by atoms with Gasteiger partial charge in [0.15, 0.2) is 5.82 Å². The first-order valence-electron chi connectivity index (χ1n) is 6.13. The Hall–Kier alpha value is -1.81. The number of pyridine rings is 1. The molecule has 0 spiro atoms. The maximum atomic E-state index is 4.36. The van der Waals surface area contributed by atoms with E-state index < -0.39 is 0 Å². The second-order valence-corrected chi connectivity index (χ2v) is 4.54. The van der Waals surface area contributed by atoms with Crippen molar-refractivity contribution in [3.05, 3.63) is 42.4 Å². The molecule has 2 rings (SSSR count). The number of aromatic nitrogens is 3. The maximum absolute atomic E-state index is 4.36. The first-order chi connectivity index (χ1) is 8.75. The van der Waals surface area contributed by atoms with Gasteiger partial charge in [0, 0.05) is 18.6 Å². The highest BCUT2D eigenvalue weighted by atomic mass is 15.0. The van der Waals surface area contributed by atoms with Gasteiger partial charge in [-0.3, -0.25) is 4.98 Å². The lowest BCUT2D eigenvalue weighted by Crippen LogP contribution is -2.13. The third-order valence-electron chi connectivity index (χ3n) is 2.67. The van der Waals surface area contributed by atoms with Crippen molar-refractivity contribution in [3.63, 3.8) is 0 Å². The Bertz CT molecular complexity index is 465. The van der Waals surface area contributed by atoms with Crippen molar-refractivity contribution >= 4 is 0 Å². The van der Waals surface area contributed by atoms with Crippen molar-refractivity contribution < 1.29 is 0 Å². The van der Waals surface area contributed by atoms with Crippen LogP contribution < -0.4 is 0 Å². The van der Waals surface area contributed by atoms with E-state index in [-0.39, 0.29) is 0 Å². The van der Waals surface area contributed by atoms with E-state index in [9.17, 15) is 0 Å². The van der Waals surface area contributed by atoms with Crippen LogP contribution in [-0.2, 0) is 6.42 Å². The molecule has 0 unspecified atom stereocenters. The van der Waals surface area contributed by atoms with E-state index in [1.165, 1.54) is 5.56 Å². The molecule has 18 heavy (non-hydrogen) atoms. The lowest BCUT2D eigenvalue weighted by molar-refractivity contribution is 0.400. The molecule has 94 valence electrons. The molecule has 0 bridgehead atoms. The van der Waals surface area contributed by atoms with E-state index in [0.717, 1.165) is 25.1 Å². The van der Waals surface area contributed by atoms with Gasteiger partial charge in [-0.25, -0.2) is 9.97 Å². The largest absolute Gasteiger partial charge is 0.309 e. The summed E-state index contributed by atoms with van der Waals surface area (Å²) in [5.41, 5.74) is 1.99. The second-order valence-electron chi connectivity index (χ2n) is 4.54. The van der Waals surface area contributed by atoms with Gasteiger partial charge in [-0.2, -0.15) is 0 Å². The summed E-state index contributed by atoms with van der Waals surface area (Å²) in [6, 6.07) is 5.75. The molecule has 0 N–H and O–H groups in total. The summed E-state index contributed by atoms with van der Waals surface area (Å²) in [4.78, 5) is 15.1. The normalized spacial score (nSPS) is 10.8. The Morgan fingerprint density at radius 3 is 2.44 bits per heavy atom. The molecule has 4 heteroatoms. The van der Waals surface area contributed by atoms with E-state index in [0.29, 0.717) is 5.82 Å². The van der Waals surface area contributed by atoms with E-state index in [1.54, 1.807) is 6.20 Å². The minimum atomic E-state index is 0.687. The highest BCUT2D eigenvalue weighted by Crippen LogP contribution is 2.10. The Kier molecular flexibility index (Phi) is 4.36. The summed E-state index contributed by atoms with van der Waals surface area (Å²) in [5.74, 6) is 0.687. The summed E-state index contributed by atoms with van der Waals surface area (Å²) in [5, 5.41) is 0. The average Bonchev–Trinajstić information content (AvgIpc) is 2.40. The predicted octanol–water partition coefficient (Wildman–Crippen LogP) is 2.03. The van der Waals surface area contributed by atoms with E-state index in [1.807, 2.05) is 30.6 Å². The van der Waals surface area contributed by atoms with E-state index >= 15 is 0 Å². The molecule has 2 aromatic rings. The molecule has 0 amide bonds. The lowest BCUT2D eigenvalue weighted by Gasteiger charge is -2.08. The number of aryl methyl sites for hydroxylation is 1. The zero-order valence-electron chi connectivity index (χ0n) is 10.9. The topological polar surface area (TPSA) is 41.9 Å². The quantitative estimate of drug-likeness (QED) is 0.804. The third kappa shape index (κ3) is 3.60. The molecular formula is C14H18N4. The maximum Gasteiger partial charge on any atom is 0.178 e. The molecule has 0 aromatic carbocycles. The minimum absolute atomic E-state index is 0.687. The molecule has 0 fully saturated rings. The Labute approximate surface area is 108 Å². The van der Waals surface area contributed by atoms with Crippen LogP contribution in [0.2, 0.25) is 0 Å². The van der Waals surface area contributed by atoms with Crippen molar-refractivity contribution in [1.82, 2.24) is 19.9 Å². The predicted molar refractivity (Wildman–Crippen MR) is 72.1 cm³/mol. The molecule has 0 atom stereocenters. The number of hydrogen-bond acceptors (Lipinski definition) is 4. The first kappa shape index (κ1) is 12.6. The van der Waals surface area contributed by atoms with Crippen molar-refractivity contribution in [2.45, 2.75) is 12.8 Å². The average molecular weight is 242 g/mol. The van der Waals surface area contributed by atoms with Gasteiger partial charge in [-0.05, 0) is 51.2 Å². The zero-order valence-corrected chi connectivity index (χ0v) is 10.9. The third-order valence-corrected chi connectivity index (χ3v) is 2.67. The molecule has 0 aliphatic carbocycles. The fourth-order valence-corrected chi connectivity index (χ4v) is 1.71. The van der Waals surface area contributed by atoms with E-state index in [4.69, 9.17) is 0 Å². The SMILES string of the molecule is CN(C)CCCc1cnc(-c2ccccn2)nc1. The van der Waals surface area contributed by atoms with Crippen LogP contribution in [0.5, 0.6) is 0 Å². The Morgan fingerprint density at radius 2 is 1.83 bits per heavy atom. The van der Waals surface area contributed by atoms with Gasteiger partial charge in [-0.1, -0.05) is 6.07 Å². The molecule has 0 aliphatic rings. The lowest BCUT2D eigenvalue weighted by atomic mass is 10.2. The molecule has 0 radical (unpaired) electrons. The summed E-state index contributed by atoms with van der Waals surface area (Å²) in [6.45, 7) is 1.09. The van der Waals surface area contributed by atoms with Crippen LogP contribution in [0.4, 0.5) is 0 Å². The van der Waals surface area contributed by atoms with Crippen LogP contribution in [0.15, 0.2) is 36.8 Å². The fraction of sp³-hybridized carbons (Fsp3) is 0.357. The van der Waals surface area contributed by atoms with Gasteiger partial charge in [0.1, 0.15) is 5.69 Å². The monoisotopic (exact) mass is 242 g/mol. The van der Waals surface area contributed by atoms with Crippen molar-refractivity contribution in [1.29, 1.82) is 0 Å². The number of hydrogen-bond donors (Lipinski definition) is 0.